The molecule has 1 aromatic carbocycles. The predicted molar refractivity (Wildman–Crippen MR) is 106 cm³/mol. The van der Waals surface area contributed by atoms with E-state index in [2.05, 4.69) is 52.5 Å². The van der Waals surface area contributed by atoms with E-state index < -0.39 is 39.5 Å². The minimum Gasteiger partial charge on any atom is -0.458 e. The van der Waals surface area contributed by atoms with Crippen molar-refractivity contribution in [3.05, 3.63) is 31.1 Å². The Bertz CT molecular complexity index is 946. The third-order valence-corrected chi connectivity index (χ3v) is 7.54. The van der Waals surface area contributed by atoms with Gasteiger partial charge in [-0.1, -0.05) is 15.9 Å². The van der Waals surface area contributed by atoms with Crippen molar-refractivity contribution in [2.75, 3.05) is 0 Å². The highest BCUT2D eigenvalue weighted by molar-refractivity contribution is 9.11. The zero-order valence-corrected chi connectivity index (χ0v) is 19.9. The van der Waals surface area contributed by atoms with E-state index in [0.717, 1.165) is 4.47 Å². The summed E-state index contributed by atoms with van der Waals surface area (Å²) in [6.45, 7) is 0. The minimum absolute atomic E-state index is 0.151. The maximum absolute atomic E-state index is 13.4. The van der Waals surface area contributed by atoms with Gasteiger partial charge in [0.1, 0.15) is 12.2 Å². The summed E-state index contributed by atoms with van der Waals surface area (Å²) in [5.41, 5.74) is 0.298. The number of halogens is 5. The predicted octanol–water partition coefficient (Wildman–Crippen LogP) is 4.32. The molecule has 0 radical (unpaired) electrons. The molecule has 2 fully saturated rings. The zero-order valence-electron chi connectivity index (χ0n) is 14.3. The lowest BCUT2D eigenvalue weighted by molar-refractivity contribution is -0.170. The van der Waals surface area contributed by atoms with Crippen LogP contribution in [0.3, 0.4) is 0 Å². The lowest BCUT2D eigenvalue weighted by Gasteiger charge is -2.28. The van der Waals surface area contributed by atoms with Crippen LogP contribution in [0.1, 0.15) is 29.6 Å². The second-order valence-corrected chi connectivity index (χ2v) is 10.9. The fourth-order valence-corrected chi connectivity index (χ4v) is 6.54. The summed E-state index contributed by atoms with van der Waals surface area (Å²) >= 11 is 9.91. The number of fused-ring (bicyclic) bond motifs is 2. The molecule has 1 N–H and O–H groups in total. The summed E-state index contributed by atoms with van der Waals surface area (Å²) in [6, 6.07) is 3.38. The SMILES string of the molecule is O=C(OC1CC2CC1CC2OC(=O)C(F)(F)S(=O)(=O)O)c1c(Br)cc(Br)cc1Br. The molecular formula is C16H13Br3F2O7S. The van der Waals surface area contributed by atoms with E-state index in [0.29, 0.717) is 20.9 Å². The Balaban J connectivity index is 1.63. The molecular weight excluding hydrogens is 614 g/mol. The molecule has 0 spiro atoms. The number of benzene rings is 1. The lowest BCUT2D eigenvalue weighted by atomic mass is 9.95. The van der Waals surface area contributed by atoms with E-state index in [9.17, 15) is 26.8 Å². The van der Waals surface area contributed by atoms with E-state index in [1.54, 1.807) is 12.1 Å². The molecule has 2 aliphatic rings. The molecule has 2 saturated carbocycles. The molecule has 4 unspecified atom stereocenters. The number of esters is 2. The Morgan fingerprint density at radius 2 is 1.48 bits per heavy atom. The summed E-state index contributed by atoms with van der Waals surface area (Å²) in [5, 5.41) is -5.03. The molecule has 160 valence electrons. The summed E-state index contributed by atoms with van der Waals surface area (Å²) in [4.78, 5) is 24.0. The van der Waals surface area contributed by atoms with E-state index >= 15 is 0 Å². The smallest absolute Gasteiger partial charge is 0.458 e. The van der Waals surface area contributed by atoms with Crippen LogP contribution in [0, 0.1) is 11.8 Å². The molecule has 0 amide bonds. The van der Waals surface area contributed by atoms with Crippen LogP contribution in [0.25, 0.3) is 0 Å². The van der Waals surface area contributed by atoms with Crippen molar-refractivity contribution < 1.29 is 40.8 Å². The van der Waals surface area contributed by atoms with E-state index in [1.165, 1.54) is 0 Å². The van der Waals surface area contributed by atoms with Gasteiger partial charge in [-0.3, -0.25) is 4.55 Å². The minimum atomic E-state index is -5.91. The number of carbonyl (C=O) groups excluding carboxylic acids is 2. The summed E-state index contributed by atoms with van der Waals surface area (Å²) in [5.74, 6) is -3.45. The molecule has 1 aromatic rings. The molecule has 7 nitrogen and oxygen atoms in total. The van der Waals surface area contributed by atoms with Gasteiger partial charge >= 0.3 is 27.3 Å². The fraction of sp³-hybridized carbons (Fsp3) is 0.500. The average Bonchev–Trinajstić information content (AvgIpc) is 3.12. The molecule has 29 heavy (non-hydrogen) atoms. The highest BCUT2D eigenvalue weighted by atomic mass is 79.9. The van der Waals surface area contributed by atoms with Crippen molar-refractivity contribution in [3.63, 3.8) is 0 Å². The summed E-state index contributed by atoms with van der Waals surface area (Å²) in [6.07, 6.45) is -0.486. The number of rotatable bonds is 5. The Hall–Kier alpha value is -0.630. The van der Waals surface area contributed by atoms with Crippen molar-refractivity contribution in [1.29, 1.82) is 0 Å². The van der Waals surface area contributed by atoms with Crippen molar-refractivity contribution in [2.45, 2.75) is 36.7 Å². The number of hydrogen-bond donors (Lipinski definition) is 1. The summed E-state index contributed by atoms with van der Waals surface area (Å²) < 4.78 is 68.5. The highest BCUT2D eigenvalue weighted by Crippen LogP contribution is 2.48. The second kappa shape index (κ2) is 8.13. The Labute approximate surface area is 189 Å². The molecule has 2 aliphatic carbocycles. The number of hydrogen-bond acceptors (Lipinski definition) is 6. The quantitative estimate of drug-likeness (QED) is 0.383. The first-order valence-electron chi connectivity index (χ1n) is 8.22. The van der Waals surface area contributed by atoms with Crippen LogP contribution in [0.15, 0.2) is 25.6 Å². The Morgan fingerprint density at radius 1 is 1.00 bits per heavy atom. The van der Waals surface area contributed by atoms with Gasteiger partial charge in [-0.15, -0.1) is 0 Å². The van der Waals surface area contributed by atoms with Gasteiger partial charge in [0.15, 0.2) is 0 Å². The van der Waals surface area contributed by atoms with Gasteiger partial charge in [-0.25, -0.2) is 9.59 Å². The fourth-order valence-electron chi connectivity index (χ4n) is 3.70. The van der Waals surface area contributed by atoms with Gasteiger partial charge in [0, 0.05) is 13.4 Å². The van der Waals surface area contributed by atoms with Gasteiger partial charge in [0.2, 0.25) is 0 Å². The number of alkyl halides is 2. The first kappa shape index (κ1) is 23.0. The van der Waals surface area contributed by atoms with Crippen LogP contribution in [-0.2, 0) is 24.4 Å². The van der Waals surface area contributed by atoms with E-state index in [4.69, 9.17) is 9.29 Å². The standard InChI is InChI=1S/C16H13Br3F2O7S/c17-8-4-9(18)13(10(19)5-8)14(22)27-11-2-7-1-6(11)3-12(7)28-15(23)16(20,21)29(24,25)26/h4-7,11-12H,1-3H2,(H,24,25,26). The van der Waals surface area contributed by atoms with Crippen LogP contribution in [0.4, 0.5) is 8.78 Å². The molecule has 0 heterocycles. The van der Waals surface area contributed by atoms with Crippen LogP contribution >= 0.6 is 47.8 Å². The molecule has 4 atom stereocenters. The van der Waals surface area contributed by atoms with E-state index in [1.807, 2.05) is 0 Å². The van der Waals surface area contributed by atoms with Crippen LogP contribution < -0.4 is 0 Å². The topological polar surface area (TPSA) is 107 Å². The number of carbonyl (C=O) groups is 2. The van der Waals surface area contributed by atoms with Crippen LogP contribution in [-0.4, -0.2) is 42.4 Å². The molecule has 13 heteroatoms. The Kier molecular flexibility index (Phi) is 6.46. The van der Waals surface area contributed by atoms with Crippen LogP contribution in [0.2, 0.25) is 0 Å². The van der Waals surface area contributed by atoms with E-state index in [-0.39, 0.29) is 24.7 Å². The largest absolute Gasteiger partial charge is 0.465 e. The van der Waals surface area contributed by atoms with Crippen LogP contribution in [0.5, 0.6) is 0 Å². The molecule has 0 aromatic heterocycles. The van der Waals surface area contributed by atoms with Gasteiger partial charge in [0.25, 0.3) is 0 Å². The third kappa shape index (κ3) is 4.53. The van der Waals surface area contributed by atoms with Crippen molar-refractivity contribution in [2.24, 2.45) is 11.8 Å². The van der Waals surface area contributed by atoms with Crippen molar-refractivity contribution in [1.82, 2.24) is 0 Å². The average molecular weight is 627 g/mol. The number of ether oxygens (including phenoxy) is 2. The second-order valence-electron chi connectivity index (χ2n) is 6.85. The Morgan fingerprint density at radius 3 is 1.93 bits per heavy atom. The molecule has 0 saturated heterocycles. The normalized spacial score (nSPS) is 26.4. The lowest BCUT2D eigenvalue weighted by Crippen LogP contribution is -2.42. The third-order valence-electron chi connectivity index (χ3n) is 5.02. The molecule has 0 aliphatic heterocycles. The van der Waals surface area contributed by atoms with Crippen molar-refractivity contribution >= 4 is 69.8 Å². The van der Waals surface area contributed by atoms with Gasteiger partial charge < -0.3 is 9.47 Å². The highest BCUT2D eigenvalue weighted by Gasteiger charge is 2.57. The summed E-state index contributed by atoms with van der Waals surface area (Å²) in [7, 11) is -5.91. The van der Waals surface area contributed by atoms with Crippen molar-refractivity contribution in [3.8, 4) is 0 Å². The van der Waals surface area contributed by atoms with Gasteiger partial charge in [-0.2, -0.15) is 17.2 Å². The first-order valence-corrected chi connectivity index (χ1v) is 12.0. The van der Waals surface area contributed by atoms with Gasteiger partial charge in [-0.05, 0) is 75.1 Å². The molecule has 3 rings (SSSR count). The zero-order chi connectivity index (χ0) is 21.7. The first-order chi connectivity index (χ1) is 13.3. The maximum atomic E-state index is 13.4. The monoisotopic (exact) mass is 624 g/mol. The molecule has 2 bridgehead atoms. The maximum Gasteiger partial charge on any atom is 0.465 e. The van der Waals surface area contributed by atoms with Gasteiger partial charge in [0.05, 0.1) is 5.56 Å².